The number of fused-ring (bicyclic) bond motifs is 1. The maximum absolute atomic E-state index is 13.4. The van der Waals surface area contributed by atoms with Crippen LogP contribution in [-0.4, -0.2) is 110 Å². The molecular weight excluding hydrogens is 706 g/mol. The Bertz CT molecular complexity index is 1810. The van der Waals surface area contributed by atoms with Crippen molar-refractivity contribution in [1.29, 1.82) is 0 Å². The summed E-state index contributed by atoms with van der Waals surface area (Å²) in [6.07, 6.45) is 1.72. The fraction of sp³-hybridized carbons (Fsp3) is 0.345. The number of nitrogens with two attached hydrogens (primary N) is 1. The molecule has 260 valence electrons. The molecule has 4 heterocycles. The van der Waals surface area contributed by atoms with Crippen molar-refractivity contribution in [2.45, 2.75) is 24.3 Å². The van der Waals surface area contributed by atoms with E-state index in [9.17, 15) is 44.4 Å². The molecule has 2 atom stereocenters. The lowest BCUT2D eigenvalue weighted by Crippen LogP contribution is -2.72. The average Bonchev–Trinajstić information content (AvgIpc) is 3.71. The number of likely N-dealkylation sites (tertiary alicyclic amines) is 1. The standard InChI is InChI=1S/C29H30ClN7O10S2/c1-13(27(43)44)47-35-19(16-12-49-29(31)33-16)24(41)34-20-25(42)36-21(28(45)46)14(11-48-26(20)36)10-37(7-2-3-8-37)9-6-32-23(40)15-4-5-17(38)22(39)18(15)30/h4-5,12,20,26H,1-3,6-11H2,(H7-,31,32,33,34,35,38,39,40,41,43,44,45,46)/p-1/t20-,26-/m1/s1. The molecule has 1 aromatic carbocycles. The van der Waals surface area contributed by atoms with Crippen LogP contribution in [0.1, 0.15) is 28.9 Å². The quantitative estimate of drug-likeness (QED) is 0.0290. The molecule has 5 rings (SSSR count). The molecule has 0 radical (unpaired) electrons. The van der Waals surface area contributed by atoms with Crippen molar-refractivity contribution >= 4 is 75.2 Å². The predicted octanol–water partition coefficient (Wildman–Crippen LogP) is -1.78. The average molecular weight is 735 g/mol. The first-order valence-electron chi connectivity index (χ1n) is 14.6. The van der Waals surface area contributed by atoms with Gasteiger partial charge in [-0.3, -0.25) is 19.3 Å². The molecule has 6 N–H and O–H groups in total. The Morgan fingerprint density at radius 2 is 1.94 bits per heavy atom. The van der Waals surface area contributed by atoms with Gasteiger partial charge in [0.25, 0.3) is 17.7 Å². The third kappa shape index (κ3) is 7.28. The van der Waals surface area contributed by atoms with Gasteiger partial charge < -0.3 is 55.7 Å². The second-order valence-corrected chi connectivity index (χ2v) is 13.7. The zero-order valence-electron chi connectivity index (χ0n) is 25.5. The fourth-order valence-corrected chi connectivity index (χ4v) is 7.97. The number of thioether (sulfide) groups is 1. The number of anilines is 1. The molecule has 49 heavy (non-hydrogen) atoms. The van der Waals surface area contributed by atoms with Crippen LogP contribution in [0.2, 0.25) is 5.02 Å². The van der Waals surface area contributed by atoms with Crippen LogP contribution in [0, 0.1) is 0 Å². The number of aromatic hydroxyl groups is 2. The molecule has 0 spiro atoms. The van der Waals surface area contributed by atoms with E-state index in [1.54, 1.807) is 0 Å². The first-order chi connectivity index (χ1) is 23.2. The number of thiazole rings is 1. The topological polar surface area (TPSA) is 260 Å². The van der Waals surface area contributed by atoms with Gasteiger partial charge in [0, 0.05) is 29.5 Å². The minimum atomic E-state index is -1.77. The number of aliphatic carboxylic acids is 2. The number of rotatable bonds is 13. The van der Waals surface area contributed by atoms with Crippen LogP contribution in [0.3, 0.4) is 0 Å². The van der Waals surface area contributed by atoms with E-state index in [-0.39, 0.29) is 46.0 Å². The number of phenols is 2. The molecule has 0 aliphatic carbocycles. The van der Waals surface area contributed by atoms with Gasteiger partial charge in [0.2, 0.25) is 0 Å². The highest BCUT2D eigenvalue weighted by Gasteiger charge is 2.54. The molecule has 2 saturated heterocycles. The van der Waals surface area contributed by atoms with Crippen molar-refractivity contribution in [3.8, 4) is 11.5 Å². The number of phenolic OH excluding ortho intramolecular Hbond substituents is 2. The summed E-state index contributed by atoms with van der Waals surface area (Å²) in [4.78, 5) is 72.5. The third-order valence-electron chi connectivity index (χ3n) is 8.23. The number of nitrogens with one attached hydrogen (secondary N) is 2. The molecule has 1 aromatic heterocycles. The Hall–Kier alpha value is -4.85. The van der Waals surface area contributed by atoms with E-state index in [0.29, 0.717) is 29.7 Å². The molecule has 0 unspecified atom stereocenters. The minimum absolute atomic E-state index is 0.0239. The molecule has 0 saturated carbocycles. The van der Waals surface area contributed by atoms with Gasteiger partial charge >= 0.3 is 0 Å². The predicted molar refractivity (Wildman–Crippen MR) is 171 cm³/mol. The number of nitrogen functional groups attached to an aromatic ring is 1. The second-order valence-electron chi connectivity index (χ2n) is 11.3. The van der Waals surface area contributed by atoms with Gasteiger partial charge in [-0.05, 0) is 12.1 Å². The number of hydrogen-bond donors (Lipinski definition) is 5. The summed E-state index contributed by atoms with van der Waals surface area (Å²) in [7, 11) is 0. The first kappa shape index (κ1) is 35.5. The largest absolute Gasteiger partial charge is 0.543 e. The number of quaternary nitrogens is 1. The Kier molecular flexibility index (Phi) is 10.4. The maximum Gasteiger partial charge on any atom is 0.276 e. The van der Waals surface area contributed by atoms with Gasteiger partial charge in [-0.25, -0.2) is 4.98 Å². The number of hydrogen-bond acceptors (Lipinski definition) is 15. The van der Waals surface area contributed by atoms with E-state index in [4.69, 9.17) is 17.3 Å². The summed E-state index contributed by atoms with van der Waals surface area (Å²) < 4.78 is 0.433. The van der Waals surface area contributed by atoms with Gasteiger partial charge in [0.05, 0.1) is 48.4 Å². The molecule has 2 fully saturated rings. The number of benzene rings is 1. The Morgan fingerprint density at radius 3 is 2.57 bits per heavy atom. The lowest BCUT2D eigenvalue weighted by atomic mass is 10.0. The number of carbonyl (C=O) groups excluding carboxylic acids is 5. The molecule has 0 bridgehead atoms. The highest BCUT2D eigenvalue weighted by atomic mass is 35.5. The van der Waals surface area contributed by atoms with Crippen LogP contribution >= 0.6 is 34.7 Å². The van der Waals surface area contributed by atoms with Crippen LogP contribution in [0.5, 0.6) is 11.5 Å². The molecule has 2 aromatic rings. The van der Waals surface area contributed by atoms with E-state index in [0.717, 1.165) is 35.1 Å². The van der Waals surface area contributed by atoms with Gasteiger partial charge in [0.1, 0.15) is 29.6 Å². The highest BCUT2D eigenvalue weighted by molar-refractivity contribution is 8.00. The summed E-state index contributed by atoms with van der Waals surface area (Å²) in [5.41, 5.74) is 5.25. The normalized spacial score (nSPS) is 19.9. The van der Waals surface area contributed by atoms with Crippen molar-refractivity contribution in [2.75, 3.05) is 44.2 Å². The van der Waals surface area contributed by atoms with Gasteiger partial charge in [0.15, 0.2) is 28.1 Å². The number of aromatic nitrogens is 1. The number of carboxylic acid groups (broad SMARTS) is 2. The van der Waals surface area contributed by atoms with Crippen molar-refractivity contribution in [3.05, 3.63) is 57.4 Å². The van der Waals surface area contributed by atoms with Gasteiger partial charge in [-0.15, -0.1) is 23.1 Å². The van der Waals surface area contributed by atoms with Crippen LogP contribution < -0.4 is 26.6 Å². The molecule has 17 nitrogen and oxygen atoms in total. The summed E-state index contributed by atoms with van der Waals surface area (Å²) in [6, 6.07) is 1.26. The molecule has 3 aliphatic heterocycles. The lowest BCUT2D eigenvalue weighted by Gasteiger charge is -2.51. The first-order valence-corrected chi connectivity index (χ1v) is 16.9. The zero-order valence-corrected chi connectivity index (χ0v) is 27.9. The number of nitrogens with zero attached hydrogens (tertiary/aromatic N) is 4. The van der Waals surface area contributed by atoms with E-state index in [2.05, 4.69) is 32.2 Å². The maximum atomic E-state index is 13.4. The number of carboxylic acids is 2. The van der Waals surface area contributed by atoms with E-state index in [1.807, 2.05) is 0 Å². The van der Waals surface area contributed by atoms with Crippen molar-refractivity contribution in [1.82, 2.24) is 20.5 Å². The van der Waals surface area contributed by atoms with Crippen LogP contribution in [0.15, 0.2) is 46.3 Å². The summed E-state index contributed by atoms with van der Waals surface area (Å²) in [5, 5.41) is 52.0. The smallest absolute Gasteiger partial charge is 0.276 e. The molecular formula is C29H29ClN7O10S2-. The highest BCUT2D eigenvalue weighted by Crippen LogP contribution is 2.41. The number of β-lactam (4-membered cyclic amide) rings is 1. The Balaban J connectivity index is 1.29. The summed E-state index contributed by atoms with van der Waals surface area (Å²) >= 11 is 8.23. The molecule has 3 amide bonds. The van der Waals surface area contributed by atoms with E-state index in [1.165, 1.54) is 23.2 Å². The van der Waals surface area contributed by atoms with E-state index >= 15 is 0 Å². The van der Waals surface area contributed by atoms with E-state index < -0.39 is 64.0 Å². The Labute approximate surface area is 291 Å². The number of oxime groups is 1. The van der Waals surface area contributed by atoms with Crippen LogP contribution in [0.25, 0.3) is 0 Å². The number of carbonyl (C=O) groups is 5. The van der Waals surface area contributed by atoms with Crippen LogP contribution in [0.4, 0.5) is 5.13 Å². The molecule has 3 aliphatic rings. The zero-order chi connectivity index (χ0) is 35.6. The van der Waals surface area contributed by atoms with Crippen molar-refractivity contribution < 1.29 is 53.7 Å². The Morgan fingerprint density at radius 1 is 1.22 bits per heavy atom. The third-order valence-corrected chi connectivity index (χ3v) is 10.6. The van der Waals surface area contributed by atoms with Gasteiger partial charge in [-0.1, -0.05) is 23.3 Å². The van der Waals surface area contributed by atoms with Crippen molar-refractivity contribution in [2.24, 2.45) is 5.16 Å². The lowest BCUT2D eigenvalue weighted by molar-refractivity contribution is -0.911. The summed E-state index contributed by atoms with van der Waals surface area (Å²) in [6.45, 7) is 5.38. The van der Waals surface area contributed by atoms with Crippen molar-refractivity contribution in [3.63, 3.8) is 0 Å². The monoisotopic (exact) mass is 734 g/mol. The SMILES string of the molecule is C=C(O/N=C(\C(=O)N[C@@H]1C(=O)N2C(C(=O)[O-])=C(C[N+]3(CCNC(=O)c4ccc(O)c(O)c4Cl)CCCC3)CS[C@H]12)c1csc(N)n1)C(=O)[O-]. The van der Waals surface area contributed by atoms with Gasteiger partial charge in [-0.2, -0.15) is 0 Å². The minimum Gasteiger partial charge on any atom is -0.543 e. The fourth-order valence-electron chi connectivity index (χ4n) is 5.85. The summed E-state index contributed by atoms with van der Waals surface area (Å²) in [5.74, 6) is -7.33. The molecule has 20 heteroatoms. The van der Waals surface area contributed by atoms with Crippen LogP contribution in [-0.2, 0) is 24.0 Å². The second kappa shape index (κ2) is 14.3. The number of amides is 3. The number of halogens is 1.